The van der Waals surface area contributed by atoms with E-state index in [0.29, 0.717) is 6.54 Å². The van der Waals surface area contributed by atoms with Crippen LogP contribution in [0.15, 0.2) is 30.3 Å². The molecule has 1 aromatic carbocycles. The van der Waals surface area contributed by atoms with Gasteiger partial charge >= 0.3 is 5.97 Å². The lowest BCUT2D eigenvalue weighted by Crippen LogP contribution is -2.50. The number of esters is 1. The fourth-order valence-corrected chi connectivity index (χ4v) is 1.98. The zero-order valence-electron chi connectivity index (χ0n) is 15.2. The molecular weight excluding hydrogens is 322 g/mol. The highest BCUT2D eigenvalue weighted by Gasteiger charge is 2.27. The first-order valence-electron chi connectivity index (χ1n) is 8.18. The summed E-state index contributed by atoms with van der Waals surface area (Å²) < 4.78 is 5.03. The molecule has 0 aliphatic rings. The maximum absolute atomic E-state index is 11.8. The molecule has 2 atom stereocenters. The summed E-state index contributed by atoms with van der Waals surface area (Å²) in [5, 5.41) is 5.07. The molecule has 0 saturated carbocycles. The fraction of sp³-hybridized carbons (Fsp3) is 0.500. The van der Waals surface area contributed by atoms with Gasteiger partial charge < -0.3 is 21.1 Å². The van der Waals surface area contributed by atoms with Gasteiger partial charge in [-0.1, -0.05) is 37.3 Å². The molecule has 0 aliphatic heterocycles. The molecule has 0 radical (unpaired) electrons. The maximum Gasteiger partial charge on any atom is 0.333 e. The van der Waals surface area contributed by atoms with E-state index in [-0.39, 0.29) is 18.4 Å². The molecule has 25 heavy (non-hydrogen) atoms. The van der Waals surface area contributed by atoms with Gasteiger partial charge in [-0.15, -0.1) is 0 Å². The van der Waals surface area contributed by atoms with Gasteiger partial charge in [-0.25, -0.2) is 4.79 Å². The van der Waals surface area contributed by atoms with Crippen LogP contribution in [0.5, 0.6) is 0 Å². The van der Waals surface area contributed by atoms with Crippen LogP contribution in [0.2, 0.25) is 0 Å². The largest absolute Gasteiger partial charge is 0.458 e. The molecule has 0 aromatic heterocycles. The number of nitrogens with one attached hydrogen (secondary N) is 2. The number of hydrogen-bond donors (Lipinski definition) is 3. The number of ether oxygens (including phenoxy) is 1. The first-order chi connectivity index (χ1) is 11.6. The lowest BCUT2D eigenvalue weighted by Gasteiger charge is -2.21. The Morgan fingerprint density at radius 2 is 1.72 bits per heavy atom. The summed E-state index contributed by atoms with van der Waals surface area (Å²) >= 11 is 0. The molecule has 0 bridgehead atoms. The van der Waals surface area contributed by atoms with Crippen LogP contribution in [0.3, 0.4) is 0 Å². The predicted molar refractivity (Wildman–Crippen MR) is 94.7 cm³/mol. The van der Waals surface area contributed by atoms with Gasteiger partial charge in [0.25, 0.3) is 0 Å². The smallest absolute Gasteiger partial charge is 0.333 e. The summed E-state index contributed by atoms with van der Waals surface area (Å²) in [7, 11) is 0. The van der Waals surface area contributed by atoms with E-state index in [1.807, 2.05) is 37.3 Å². The van der Waals surface area contributed by atoms with Gasteiger partial charge in [0.15, 0.2) is 6.04 Å². The lowest BCUT2D eigenvalue weighted by atomic mass is 10.0. The van der Waals surface area contributed by atoms with Crippen molar-refractivity contribution in [2.45, 2.75) is 45.3 Å². The third kappa shape index (κ3) is 7.80. The van der Waals surface area contributed by atoms with Gasteiger partial charge in [0, 0.05) is 6.54 Å². The Hall–Kier alpha value is -2.41. The molecule has 0 saturated heterocycles. The van der Waals surface area contributed by atoms with Crippen LogP contribution >= 0.6 is 0 Å². The molecule has 4 N–H and O–H groups in total. The summed E-state index contributed by atoms with van der Waals surface area (Å²) in [5.74, 6) is -1.79. The van der Waals surface area contributed by atoms with Gasteiger partial charge in [-0.2, -0.15) is 0 Å². The monoisotopic (exact) mass is 349 g/mol. The van der Waals surface area contributed by atoms with Crippen molar-refractivity contribution in [3.63, 3.8) is 0 Å². The summed E-state index contributed by atoms with van der Waals surface area (Å²) in [6, 6.07) is 8.31. The van der Waals surface area contributed by atoms with E-state index in [9.17, 15) is 14.4 Å². The topological polar surface area (TPSA) is 111 Å². The molecule has 138 valence electrons. The van der Waals surface area contributed by atoms with Gasteiger partial charge in [0.2, 0.25) is 11.8 Å². The van der Waals surface area contributed by atoms with Crippen LogP contribution in [0.1, 0.15) is 39.2 Å². The molecule has 7 nitrogen and oxygen atoms in total. The van der Waals surface area contributed by atoms with Gasteiger partial charge in [-0.3, -0.25) is 9.59 Å². The quantitative estimate of drug-likeness (QED) is 0.495. The number of benzene rings is 1. The predicted octanol–water partition coefficient (Wildman–Crippen LogP) is 0.692. The minimum absolute atomic E-state index is 0.143. The van der Waals surface area contributed by atoms with Crippen LogP contribution in [-0.4, -0.2) is 42.5 Å². The van der Waals surface area contributed by atoms with E-state index in [4.69, 9.17) is 10.5 Å². The highest BCUT2D eigenvalue weighted by molar-refractivity contribution is 6.02. The van der Waals surface area contributed by atoms with Gasteiger partial charge in [-0.05, 0) is 32.3 Å². The first-order valence-corrected chi connectivity index (χ1v) is 8.18. The van der Waals surface area contributed by atoms with E-state index < -0.39 is 23.5 Å². The molecular formula is C18H27N3O4. The van der Waals surface area contributed by atoms with E-state index in [2.05, 4.69) is 10.6 Å². The van der Waals surface area contributed by atoms with Gasteiger partial charge in [0.05, 0.1) is 6.54 Å². The third-order valence-electron chi connectivity index (χ3n) is 3.34. The van der Waals surface area contributed by atoms with Crippen LogP contribution in [0.25, 0.3) is 0 Å². The van der Waals surface area contributed by atoms with E-state index in [1.165, 1.54) is 0 Å². The second-order valence-electron chi connectivity index (χ2n) is 6.84. The highest BCUT2D eigenvalue weighted by atomic mass is 16.6. The first kappa shape index (κ1) is 20.6. The van der Waals surface area contributed by atoms with Crippen molar-refractivity contribution in [1.82, 2.24) is 10.6 Å². The molecule has 1 aromatic rings. The van der Waals surface area contributed by atoms with Crippen molar-refractivity contribution in [2.75, 3.05) is 13.1 Å². The second kappa shape index (κ2) is 9.17. The number of hydrogen-bond acceptors (Lipinski definition) is 5. The Bertz CT molecular complexity index is 596. The minimum Gasteiger partial charge on any atom is -0.458 e. The van der Waals surface area contributed by atoms with Crippen molar-refractivity contribution < 1.29 is 19.1 Å². The van der Waals surface area contributed by atoms with Crippen molar-refractivity contribution in [2.24, 2.45) is 5.73 Å². The van der Waals surface area contributed by atoms with Crippen molar-refractivity contribution in [3.05, 3.63) is 35.9 Å². The van der Waals surface area contributed by atoms with E-state index >= 15 is 0 Å². The van der Waals surface area contributed by atoms with Crippen LogP contribution in [0.4, 0.5) is 0 Å². The number of amides is 2. The molecule has 0 aliphatic carbocycles. The Balaban J connectivity index is 2.35. The Morgan fingerprint density at radius 3 is 2.28 bits per heavy atom. The highest BCUT2D eigenvalue weighted by Crippen LogP contribution is 2.12. The molecule has 0 spiro atoms. The zero-order valence-corrected chi connectivity index (χ0v) is 15.2. The maximum atomic E-state index is 11.8. The third-order valence-corrected chi connectivity index (χ3v) is 3.34. The molecule has 1 rings (SSSR count). The van der Waals surface area contributed by atoms with Crippen LogP contribution in [-0.2, 0) is 19.1 Å². The number of carbonyl (C=O) groups is 3. The number of carbonyl (C=O) groups excluding carboxylic acids is 3. The Labute approximate surface area is 148 Å². The number of nitrogens with two attached hydrogens (primary N) is 1. The Morgan fingerprint density at radius 1 is 1.12 bits per heavy atom. The molecule has 2 unspecified atom stereocenters. The van der Waals surface area contributed by atoms with Crippen molar-refractivity contribution in [3.8, 4) is 0 Å². The van der Waals surface area contributed by atoms with Crippen molar-refractivity contribution in [1.29, 1.82) is 0 Å². The second-order valence-corrected chi connectivity index (χ2v) is 6.84. The average molecular weight is 349 g/mol. The van der Waals surface area contributed by atoms with Gasteiger partial charge in [0.1, 0.15) is 5.60 Å². The van der Waals surface area contributed by atoms with E-state index in [0.717, 1.165) is 5.56 Å². The summed E-state index contributed by atoms with van der Waals surface area (Å²) in [6.45, 7) is 7.21. The minimum atomic E-state index is -1.46. The normalized spacial score (nSPS) is 13.5. The molecule has 7 heteroatoms. The summed E-state index contributed by atoms with van der Waals surface area (Å²) in [6.07, 6.45) is 0. The van der Waals surface area contributed by atoms with Crippen LogP contribution < -0.4 is 16.4 Å². The average Bonchev–Trinajstić information content (AvgIpc) is 2.56. The molecule has 0 fully saturated rings. The SMILES string of the molecule is CC(CNC(=O)CNC(=O)C(N)C(=O)OC(C)(C)C)c1ccccc1. The fourth-order valence-electron chi connectivity index (χ4n) is 1.98. The number of rotatable bonds is 7. The zero-order chi connectivity index (χ0) is 19.0. The molecule has 2 amide bonds. The van der Waals surface area contributed by atoms with E-state index in [1.54, 1.807) is 20.8 Å². The summed E-state index contributed by atoms with van der Waals surface area (Å²) in [4.78, 5) is 35.3. The standard InChI is InChI=1S/C18H27N3O4/c1-12(13-8-6-5-7-9-13)10-20-14(22)11-21-16(23)15(19)17(24)25-18(2,3)4/h5-9,12,15H,10-11,19H2,1-4H3,(H,20,22)(H,21,23). The molecule has 0 heterocycles. The summed E-state index contributed by atoms with van der Waals surface area (Å²) in [5.41, 5.74) is 5.91. The lowest BCUT2D eigenvalue weighted by molar-refractivity contribution is -0.158. The van der Waals surface area contributed by atoms with Crippen molar-refractivity contribution >= 4 is 17.8 Å². The van der Waals surface area contributed by atoms with Crippen LogP contribution in [0, 0.1) is 0 Å². The Kier molecular flexibility index (Phi) is 7.57.